The van der Waals surface area contributed by atoms with Crippen LogP contribution in [0.15, 0.2) is 30.3 Å². The quantitative estimate of drug-likeness (QED) is 0.928. The second-order valence-electron chi connectivity index (χ2n) is 6.68. The molecule has 1 heterocycles. The number of amides is 1. The number of benzene rings is 1. The fourth-order valence-corrected chi connectivity index (χ4v) is 3.24. The minimum absolute atomic E-state index is 0.151. The minimum atomic E-state index is -0.250. The van der Waals surface area contributed by atoms with Gasteiger partial charge in [0.1, 0.15) is 0 Å². The van der Waals surface area contributed by atoms with Crippen LogP contribution in [-0.2, 0) is 4.79 Å². The van der Waals surface area contributed by atoms with Crippen molar-refractivity contribution in [2.24, 2.45) is 11.7 Å². The zero-order chi connectivity index (χ0) is 16.3. The maximum Gasteiger partial charge on any atom is 0.227 e. The second kappa shape index (κ2) is 7.25. The number of hydrogen-bond donors (Lipinski definition) is 1. The first-order chi connectivity index (χ1) is 10.4. The molecule has 122 valence electrons. The Labute approximate surface area is 134 Å². The molecule has 0 saturated carbocycles. The van der Waals surface area contributed by atoms with E-state index in [-0.39, 0.29) is 17.9 Å². The summed E-state index contributed by atoms with van der Waals surface area (Å²) in [5.41, 5.74) is 7.32. The Kier molecular flexibility index (Phi) is 5.59. The Hall–Kier alpha value is -1.39. The van der Waals surface area contributed by atoms with Gasteiger partial charge >= 0.3 is 0 Å². The number of carbonyl (C=O) groups is 1. The minimum Gasteiger partial charge on any atom is -0.342 e. The van der Waals surface area contributed by atoms with Crippen LogP contribution in [0, 0.1) is 5.92 Å². The maximum atomic E-state index is 12.8. The molecule has 0 aromatic heterocycles. The van der Waals surface area contributed by atoms with E-state index in [4.69, 9.17) is 5.73 Å². The van der Waals surface area contributed by atoms with E-state index in [1.165, 1.54) is 0 Å². The van der Waals surface area contributed by atoms with Crippen LogP contribution in [0.25, 0.3) is 0 Å². The molecule has 0 spiro atoms. The lowest BCUT2D eigenvalue weighted by molar-refractivity contribution is -0.137. The van der Waals surface area contributed by atoms with E-state index in [2.05, 4.69) is 18.9 Å². The number of nitrogens with zero attached hydrogens (tertiary/aromatic N) is 2. The monoisotopic (exact) mass is 303 g/mol. The molecule has 0 radical (unpaired) electrons. The highest BCUT2D eigenvalue weighted by atomic mass is 16.2. The van der Waals surface area contributed by atoms with Gasteiger partial charge in [0.05, 0.1) is 5.92 Å². The van der Waals surface area contributed by atoms with E-state index >= 15 is 0 Å². The largest absolute Gasteiger partial charge is 0.342 e. The molecule has 1 aliphatic rings. The van der Waals surface area contributed by atoms with Crippen LogP contribution in [0.1, 0.15) is 38.3 Å². The van der Waals surface area contributed by atoms with Gasteiger partial charge in [0.15, 0.2) is 0 Å². The van der Waals surface area contributed by atoms with Crippen molar-refractivity contribution in [2.45, 2.75) is 44.8 Å². The summed E-state index contributed by atoms with van der Waals surface area (Å²) < 4.78 is 0. The predicted octanol–water partition coefficient (Wildman–Crippen LogP) is 2.26. The Morgan fingerprint density at radius 2 is 2.00 bits per heavy atom. The van der Waals surface area contributed by atoms with Crippen molar-refractivity contribution in [3.8, 4) is 0 Å². The molecule has 1 aromatic rings. The van der Waals surface area contributed by atoms with Crippen molar-refractivity contribution in [1.29, 1.82) is 0 Å². The molecule has 1 aliphatic heterocycles. The van der Waals surface area contributed by atoms with Gasteiger partial charge in [-0.3, -0.25) is 4.79 Å². The fourth-order valence-electron chi connectivity index (χ4n) is 3.24. The average molecular weight is 303 g/mol. The Morgan fingerprint density at radius 3 is 2.59 bits per heavy atom. The van der Waals surface area contributed by atoms with Crippen LogP contribution >= 0.6 is 0 Å². The average Bonchev–Trinajstić information content (AvgIpc) is 2.55. The lowest BCUT2D eigenvalue weighted by atomic mass is 9.92. The SMILES string of the molecule is CC(C(=O)N(C)C1CCN(C)C(C)C1)C(N)c1ccccc1. The summed E-state index contributed by atoms with van der Waals surface area (Å²) in [7, 11) is 4.08. The van der Waals surface area contributed by atoms with E-state index in [0.717, 1.165) is 24.9 Å². The molecule has 1 aromatic carbocycles. The van der Waals surface area contributed by atoms with Crippen LogP contribution in [-0.4, -0.2) is 48.4 Å². The molecule has 4 nitrogen and oxygen atoms in total. The van der Waals surface area contributed by atoms with E-state index in [1.807, 2.05) is 49.2 Å². The summed E-state index contributed by atoms with van der Waals surface area (Å²) in [5.74, 6) is -0.0551. The third-order valence-corrected chi connectivity index (χ3v) is 5.19. The van der Waals surface area contributed by atoms with Gasteiger partial charge in [-0.15, -0.1) is 0 Å². The topological polar surface area (TPSA) is 49.6 Å². The van der Waals surface area contributed by atoms with E-state index in [0.29, 0.717) is 12.1 Å². The van der Waals surface area contributed by atoms with Gasteiger partial charge in [-0.2, -0.15) is 0 Å². The van der Waals surface area contributed by atoms with Crippen LogP contribution in [0.2, 0.25) is 0 Å². The molecule has 1 amide bonds. The summed E-state index contributed by atoms with van der Waals surface area (Å²) in [6, 6.07) is 10.5. The van der Waals surface area contributed by atoms with Crippen molar-refractivity contribution < 1.29 is 4.79 Å². The number of hydrogen-bond acceptors (Lipinski definition) is 3. The first-order valence-corrected chi connectivity index (χ1v) is 8.19. The lowest BCUT2D eigenvalue weighted by Gasteiger charge is -2.40. The fraction of sp³-hybridized carbons (Fsp3) is 0.611. The predicted molar refractivity (Wildman–Crippen MR) is 90.4 cm³/mol. The van der Waals surface area contributed by atoms with Crippen molar-refractivity contribution in [3.05, 3.63) is 35.9 Å². The molecule has 2 N–H and O–H groups in total. The van der Waals surface area contributed by atoms with Crippen LogP contribution in [0.4, 0.5) is 0 Å². The summed E-state index contributed by atoms with van der Waals surface area (Å²) in [6.45, 7) is 5.21. The Balaban J connectivity index is 2.01. The number of nitrogens with two attached hydrogens (primary N) is 1. The molecule has 1 saturated heterocycles. The van der Waals surface area contributed by atoms with Gasteiger partial charge in [-0.1, -0.05) is 37.3 Å². The van der Waals surface area contributed by atoms with Gasteiger partial charge in [-0.05, 0) is 32.4 Å². The Bertz CT molecular complexity index is 490. The normalized spacial score (nSPS) is 25.5. The van der Waals surface area contributed by atoms with Crippen molar-refractivity contribution in [2.75, 3.05) is 20.6 Å². The first kappa shape index (κ1) is 17.0. The summed E-state index contributed by atoms with van der Waals surface area (Å²) >= 11 is 0. The molecule has 4 unspecified atom stereocenters. The van der Waals surface area contributed by atoms with E-state index < -0.39 is 0 Å². The van der Waals surface area contributed by atoms with Crippen LogP contribution in [0.5, 0.6) is 0 Å². The molecule has 2 rings (SSSR count). The van der Waals surface area contributed by atoms with Gasteiger partial charge in [0.2, 0.25) is 5.91 Å². The summed E-state index contributed by atoms with van der Waals surface area (Å²) in [6.07, 6.45) is 2.07. The smallest absolute Gasteiger partial charge is 0.227 e. The molecule has 1 fully saturated rings. The molecular weight excluding hydrogens is 274 g/mol. The highest BCUT2D eigenvalue weighted by molar-refractivity contribution is 5.79. The number of carbonyl (C=O) groups excluding carboxylic acids is 1. The Morgan fingerprint density at radius 1 is 1.36 bits per heavy atom. The number of rotatable bonds is 4. The van der Waals surface area contributed by atoms with Crippen LogP contribution < -0.4 is 5.73 Å². The molecule has 4 atom stereocenters. The molecule has 0 aliphatic carbocycles. The first-order valence-electron chi connectivity index (χ1n) is 8.19. The van der Waals surface area contributed by atoms with Gasteiger partial charge < -0.3 is 15.5 Å². The summed E-state index contributed by atoms with van der Waals surface area (Å²) in [4.78, 5) is 17.1. The highest BCUT2D eigenvalue weighted by Gasteiger charge is 2.32. The van der Waals surface area contributed by atoms with Crippen molar-refractivity contribution in [3.63, 3.8) is 0 Å². The van der Waals surface area contributed by atoms with Crippen molar-refractivity contribution >= 4 is 5.91 Å². The third kappa shape index (κ3) is 3.68. The molecular formula is C18H29N3O. The maximum absolute atomic E-state index is 12.8. The van der Waals surface area contributed by atoms with Crippen molar-refractivity contribution in [1.82, 2.24) is 9.80 Å². The number of piperidine rings is 1. The van der Waals surface area contributed by atoms with E-state index in [1.54, 1.807) is 0 Å². The zero-order valence-electron chi connectivity index (χ0n) is 14.2. The lowest BCUT2D eigenvalue weighted by Crippen LogP contribution is -2.50. The second-order valence-corrected chi connectivity index (χ2v) is 6.68. The van der Waals surface area contributed by atoms with Gasteiger partial charge in [0, 0.05) is 31.7 Å². The van der Waals surface area contributed by atoms with Gasteiger partial charge in [-0.25, -0.2) is 0 Å². The third-order valence-electron chi connectivity index (χ3n) is 5.19. The zero-order valence-corrected chi connectivity index (χ0v) is 14.2. The van der Waals surface area contributed by atoms with E-state index in [9.17, 15) is 4.79 Å². The highest BCUT2D eigenvalue weighted by Crippen LogP contribution is 2.25. The molecule has 22 heavy (non-hydrogen) atoms. The molecule has 0 bridgehead atoms. The number of likely N-dealkylation sites (tertiary alicyclic amines) is 1. The van der Waals surface area contributed by atoms with Crippen LogP contribution in [0.3, 0.4) is 0 Å². The standard InChI is InChI=1S/C18H29N3O/c1-13-12-16(10-11-20(13)3)21(4)18(22)14(2)17(19)15-8-6-5-7-9-15/h5-9,13-14,16-17H,10-12,19H2,1-4H3. The van der Waals surface area contributed by atoms with Gasteiger partial charge in [0.25, 0.3) is 0 Å². The summed E-state index contributed by atoms with van der Waals surface area (Å²) in [5, 5.41) is 0. The molecule has 4 heteroatoms.